The molecule has 8 heteroatoms. The lowest BCUT2D eigenvalue weighted by Crippen LogP contribution is -2.17. The van der Waals surface area contributed by atoms with Gasteiger partial charge in [-0.1, -0.05) is 0 Å². The molecule has 2 aromatic heterocycles. The van der Waals surface area contributed by atoms with Gasteiger partial charge in [-0.25, -0.2) is 4.98 Å². The van der Waals surface area contributed by atoms with Gasteiger partial charge in [0, 0.05) is 6.20 Å². The van der Waals surface area contributed by atoms with Crippen LogP contribution in [0.15, 0.2) is 35.5 Å². The second kappa shape index (κ2) is 5.74. The third kappa shape index (κ3) is 3.48. The van der Waals surface area contributed by atoms with Crippen molar-refractivity contribution in [1.29, 1.82) is 0 Å². The van der Waals surface area contributed by atoms with Crippen LogP contribution in [0.25, 0.3) is 0 Å². The Balaban J connectivity index is 2.06. The highest BCUT2D eigenvalue weighted by molar-refractivity contribution is 6.02. The van der Waals surface area contributed by atoms with E-state index in [1.807, 2.05) is 0 Å². The number of anilines is 1. The molecule has 0 fully saturated rings. The molecule has 1 amide bonds. The smallest absolute Gasteiger partial charge is 0.309 e. The normalized spacial score (nSPS) is 10.0. The number of carboxylic acids is 1. The van der Waals surface area contributed by atoms with Crippen molar-refractivity contribution in [1.82, 2.24) is 15.0 Å². The zero-order chi connectivity index (χ0) is 14.5. The van der Waals surface area contributed by atoms with Gasteiger partial charge in [0.1, 0.15) is 5.69 Å². The molecule has 2 heterocycles. The lowest BCUT2D eigenvalue weighted by molar-refractivity contribution is -0.136. The summed E-state index contributed by atoms with van der Waals surface area (Å²) >= 11 is 0. The molecule has 3 N–H and O–H groups in total. The fraction of sp³-hybridized carbons (Fsp3) is 0.0833. The van der Waals surface area contributed by atoms with Gasteiger partial charge in [-0.2, -0.15) is 0 Å². The Labute approximate surface area is 112 Å². The molecular weight excluding hydrogens is 264 g/mol. The molecule has 20 heavy (non-hydrogen) atoms. The van der Waals surface area contributed by atoms with E-state index < -0.39 is 17.4 Å². The van der Waals surface area contributed by atoms with E-state index in [-0.39, 0.29) is 12.1 Å². The predicted octanol–water partition coefficient (Wildman–Crippen LogP) is 0.0443. The number of nitrogens with zero attached hydrogens (tertiary/aromatic N) is 2. The Hall–Kier alpha value is -3.03. The maximum absolute atomic E-state index is 11.8. The van der Waals surface area contributed by atoms with Gasteiger partial charge in [0.2, 0.25) is 0 Å². The minimum atomic E-state index is -0.980. The fourth-order valence-corrected chi connectivity index (χ4v) is 1.42. The van der Waals surface area contributed by atoms with Crippen molar-refractivity contribution in [2.24, 2.45) is 0 Å². The number of rotatable bonds is 4. The molecule has 8 nitrogen and oxygen atoms in total. The molecular formula is C12H10N4O4. The number of aliphatic carboxylic acids is 1. The van der Waals surface area contributed by atoms with Crippen LogP contribution in [0.3, 0.4) is 0 Å². The standard InChI is InChI=1S/C12H10N4O4/c17-10-6-14-9(5-15-10)12(20)16-8-2-1-7(13-4-8)3-11(18)19/h1-2,4-6H,3H2,(H,15,17)(H,16,20)(H,18,19). The zero-order valence-corrected chi connectivity index (χ0v) is 10.2. The van der Waals surface area contributed by atoms with Crippen molar-refractivity contribution in [2.75, 3.05) is 5.32 Å². The Morgan fingerprint density at radius 3 is 2.60 bits per heavy atom. The van der Waals surface area contributed by atoms with E-state index in [1.54, 1.807) is 0 Å². The summed E-state index contributed by atoms with van der Waals surface area (Å²) in [5.41, 5.74) is 0.440. The van der Waals surface area contributed by atoms with Crippen LogP contribution < -0.4 is 10.9 Å². The average Bonchev–Trinajstić information content (AvgIpc) is 2.41. The first-order valence-corrected chi connectivity index (χ1v) is 5.57. The van der Waals surface area contributed by atoms with Crippen LogP contribution in [0, 0.1) is 0 Å². The van der Waals surface area contributed by atoms with Gasteiger partial charge in [-0.15, -0.1) is 0 Å². The van der Waals surface area contributed by atoms with Gasteiger partial charge >= 0.3 is 5.97 Å². The van der Waals surface area contributed by atoms with Crippen LogP contribution in [0.1, 0.15) is 16.2 Å². The number of amides is 1. The molecule has 0 spiro atoms. The number of aromatic nitrogens is 3. The summed E-state index contributed by atoms with van der Waals surface area (Å²) in [5.74, 6) is -1.49. The highest BCUT2D eigenvalue weighted by atomic mass is 16.4. The van der Waals surface area contributed by atoms with Crippen LogP contribution in [-0.4, -0.2) is 31.9 Å². The molecule has 0 radical (unpaired) electrons. The quantitative estimate of drug-likeness (QED) is 0.723. The number of pyridine rings is 1. The largest absolute Gasteiger partial charge is 0.481 e. The van der Waals surface area contributed by atoms with Crippen molar-refractivity contribution >= 4 is 17.6 Å². The summed E-state index contributed by atoms with van der Waals surface area (Å²) in [6, 6.07) is 3.04. The van der Waals surface area contributed by atoms with Gasteiger partial charge in [0.05, 0.1) is 30.2 Å². The minimum Gasteiger partial charge on any atom is -0.481 e. The van der Waals surface area contributed by atoms with Crippen molar-refractivity contribution in [3.05, 3.63) is 52.5 Å². The molecule has 0 unspecified atom stereocenters. The number of H-pyrrole nitrogens is 1. The molecule has 2 aromatic rings. The Bertz CT molecular complexity index is 673. The highest BCUT2D eigenvalue weighted by Crippen LogP contribution is 2.08. The summed E-state index contributed by atoms with van der Waals surface area (Å²) < 4.78 is 0. The van der Waals surface area contributed by atoms with Crippen LogP contribution in [0.2, 0.25) is 0 Å². The summed E-state index contributed by atoms with van der Waals surface area (Å²) in [5, 5.41) is 11.1. The molecule has 0 aromatic carbocycles. The van der Waals surface area contributed by atoms with Gasteiger partial charge in [-0.05, 0) is 12.1 Å². The van der Waals surface area contributed by atoms with Gasteiger partial charge in [0.15, 0.2) is 0 Å². The maximum Gasteiger partial charge on any atom is 0.309 e. The van der Waals surface area contributed by atoms with E-state index >= 15 is 0 Å². The average molecular weight is 274 g/mol. The van der Waals surface area contributed by atoms with E-state index in [9.17, 15) is 14.4 Å². The fourth-order valence-electron chi connectivity index (χ4n) is 1.42. The highest BCUT2D eigenvalue weighted by Gasteiger charge is 2.08. The summed E-state index contributed by atoms with van der Waals surface area (Å²) in [6.07, 6.45) is 3.37. The zero-order valence-electron chi connectivity index (χ0n) is 10.2. The molecule has 102 valence electrons. The van der Waals surface area contributed by atoms with E-state index in [2.05, 4.69) is 20.3 Å². The van der Waals surface area contributed by atoms with Crippen molar-refractivity contribution in [2.45, 2.75) is 6.42 Å². The number of aromatic amines is 1. The number of carbonyl (C=O) groups is 2. The van der Waals surface area contributed by atoms with Crippen LogP contribution in [-0.2, 0) is 11.2 Å². The molecule has 0 aliphatic rings. The molecule has 0 atom stereocenters. The topological polar surface area (TPSA) is 125 Å². The lowest BCUT2D eigenvalue weighted by Gasteiger charge is -2.04. The Morgan fingerprint density at radius 2 is 2.05 bits per heavy atom. The van der Waals surface area contributed by atoms with Crippen molar-refractivity contribution in [3.8, 4) is 0 Å². The van der Waals surface area contributed by atoms with E-state index in [0.29, 0.717) is 11.4 Å². The monoisotopic (exact) mass is 274 g/mol. The van der Waals surface area contributed by atoms with E-state index in [1.165, 1.54) is 24.5 Å². The predicted molar refractivity (Wildman–Crippen MR) is 68.4 cm³/mol. The molecule has 2 rings (SSSR count). The van der Waals surface area contributed by atoms with Crippen LogP contribution >= 0.6 is 0 Å². The summed E-state index contributed by atoms with van der Waals surface area (Å²) in [6.45, 7) is 0. The van der Waals surface area contributed by atoms with Crippen molar-refractivity contribution in [3.63, 3.8) is 0 Å². The minimum absolute atomic E-state index is 0.0548. The number of hydrogen-bond acceptors (Lipinski definition) is 5. The summed E-state index contributed by atoms with van der Waals surface area (Å²) in [4.78, 5) is 43.0. The number of carbonyl (C=O) groups excluding carboxylic acids is 1. The third-order valence-corrected chi connectivity index (χ3v) is 2.32. The van der Waals surface area contributed by atoms with Crippen LogP contribution in [0.4, 0.5) is 5.69 Å². The second-order valence-corrected chi connectivity index (χ2v) is 3.86. The Kier molecular flexibility index (Phi) is 3.85. The number of hydrogen-bond donors (Lipinski definition) is 3. The first-order chi connectivity index (χ1) is 9.54. The summed E-state index contributed by atoms with van der Waals surface area (Å²) in [7, 11) is 0. The van der Waals surface area contributed by atoms with Crippen LogP contribution in [0.5, 0.6) is 0 Å². The first kappa shape index (κ1) is 13.4. The molecule has 0 bridgehead atoms. The van der Waals surface area contributed by atoms with Gasteiger partial charge < -0.3 is 15.4 Å². The molecule has 0 saturated carbocycles. The van der Waals surface area contributed by atoms with Crippen molar-refractivity contribution < 1.29 is 14.7 Å². The Morgan fingerprint density at radius 1 is 1.25 bits per heavy atom. The third-order valence-electron chi connectivity index (χ3n) is 2.32. The molecule has 0 saturated heterocycles. The van der Waals surface area contributed by atoms with E-state index in [4.69, 9.17) is 5.11 Å². The van der Waals surface area contributed by atoms with E-state index in [0.717, 1.165) is 6.20 Å². The van der Waals surface area contributed by atoms with Gasteiger partial charge in [-0.3, -0.25) is 19.4 Å². The maximum atomic E-state index is 11.8. The molecule has 0 aliphatic carbocycles. The van der Waals surface area contributed by atoms with Gasteiger partial charge in [0.25, 0.3) is 11.5 Å². The lowest BCUT2D eigenvalue weighted by atomic mass is 10.2. The number of nitrogens with one attached hydrogen (secondary N) is 2. The number of carboxylic acid groups (broad SMARTS) is 1. The first-order valence-electron chi connectivity index (χ1n) is 5.57. The SMILES string of the molecule is O=C(O)Cc1ccc(NC(=O)c2c[nH]c(=O)cn2)cn1. The second-order valence-electron chi connectivity index (χ2n) is 3.86. The molecule has 0 aliphatic heterocycles.